The van der Waals surface area contributed by atoms with Gasteiger partial charge in [-0.1, -0.05) is 152 Å². The fraction of sp³-hybridized carbons (Fsp3) is 0.302. The van der Waals surface area contributed by atoms with E-state index in [2.05, 4.69) is 0 Å². The monoisotopic (exact) mass is 770 g/mol. The second-order valence-corrected chi connectivity index (χ2v) is 14.6. The third-order valence-corrected chi connectivity index (χ3v) is 10.3. The van der Waals surface area contributed by atoms with Crippen LogP contribution >= 0.6 is 7.82 Å². The first-order chi connectivity index (χ1) is 27.0. The summed E-state index contributed by atoms with van der Waals surface area (Å²) in [7, 11) is -4.50. The molecule has 0 saturated heterocycles. The molecular weight excluding hydrogens is 723 g/mol. The highest BCUT2D eigenvalue weighted by Crippen LogP contribution is 2.54. The smallest absolute Gasteiger partial charge is 0.387 e. The predicted octanol–water partition coefficient (Wildman–Crippen LogP) is 7.35. The Kier molecular flexibility index (Phi) is 15.7. The van der Waals surface area contributed by atoms with E-state index in [-0.39, 0.29) is 46.6 Å². The van der Waals surface area contributed by atoms with Gasteiger partial charge < -0.3 is 33.9 Å². The molecule has 5 aromatic rings. The van der Waals surface area contributed by atoms with E-state index >= 15 is 0 Å². The SMILES string of the molecule is O=P(OCc1ccccc1)(OCc1ccccc1)O[C@@H]1[C@@H](O)[C@H](OCOCc2ccccc2)[C@@H](O)[C@H](OCOCc2ccccc2)[C@@H]1OCc1ccccc1. The van der Waals surface area contributed by atoms with E-state index in [0.717, 1.165) is 27.8 Å². The summed E-state index contributed by atoms with van der Waals surface area (Å²) in [5, 5.41) is 23.8. The molecule has 6 atom stereocenters. The fourth-order valence-corrected chi connectivity index (χ4v) is 7.40. The van der Waals surface area contributed by atoms with Crippen molar-refractivity contribution in [1.29, 1.82) is 0 Å². The molecule has 55 heavy (non-hydrogen) atoms. The number of hydrogen-bond acceptors (Lipinski definition) is 11. The molecule has 290 valence electrons. The Balaban J connectivity index is 1.27. The lowest BCUT2D eigenvalue weighted by Crippen LogP contribution is -2.66. The summed E-state index contributed by atoms with van der Waals surface area (Å²) in [6.07, 6.45) is -8.30. The molecule has 6 rings (SSSR count). The lowest BCUT2D eigenvalue weighted by Gasteiger charge is -2.46. The van der Waals surface area contributed by atoms with E-state index in [1.54, 1.807) is 0 Å². The number of ether oxygens (including phenoxy) is 5. The lowest BCUT2D eigenvalue weighted by atomic mass is 9.84. The number of aliphatic hydroxyl groups is 2. The van der Waals surface area contributed by atoms with Crippen molar-refractivity contribution in [3.63, 3.8) is 0 Å². The van der Waals surface area contributed by atoms with Gasteiger partial charge in [-0.3, -0.25) is 13.6 Å². The van der Waals surface area contributed by atoms with Crippen LogP contribution in [0.5, 0.6) is 0 Å². The maximum atomic E-state index is 14.7. The summed E-state index contributed by atoms with van der Waals surface area (Å²) in [6, 6.07) is 46.7. The Morgan fingerprint density at radius 1 is 0.400 bits per heavy atom. The van der Waals surface area contributed by atoms with E-state index in [0.29, 0.717) is 0 Å². The first kappa shape index (κ1) is 40.6. The van der Waals surface area contributed by atoms with Crippen LogP contribution in [0.25, 0.3) is 0 Å². The number of aliphatic hydroxyl groups excluding tert-OH is 2. The summed E-state index contributed by atoms with van der Waals surface area (Å²) >= 11 is 0. The van der Waals surface area contributed by atoms with Crippen molar-refractivity contribution in [3.8, 4) is 0 Å². The van der Waals surface area contributed by atoms with Crippen LogP contribution in [0, 0.1) is 0 Å². The van der Waals surface area contributed by atoms with Gasteiger partial charge in [-0.15, -0.1) is 0 Å². The zero-order valence-corrected chi connectivity index (χ0v) is 31.3. The quantitative estimate of drug-likeness (QED) is 0.0441. The van der Waals surface area contributed by atoms with Gasteiger partial charge in [0, 0.05) is 0 Å². The third kappa shape index (κ3) is 12.5. The van der Waals surface area contributed by atoms with Crippen molar-refractivity contribution < 1.29 is 52.0 Å². The number of phosphoric acid groups is 1. The van der Waals surface area contributed by atoms with Crippen LogP contribution < -0.4 is 0 Å². The maximum Gasteiger partial charge on any atom is 0.475 e. The largest absolute Gasteiger partial charge is 0.475 e. The molecule has 1 aliphatic rings. The van der Waals surface area contributed by atoms with Crippen molar-refractivity contribution in [2.45, 2.75) is 69.7 Å². The summed E-state index contributed by atoms with van der Waals surface area (Å²) in [6.45, 7) is -0.269. The second-order valence-electron chi connectivity index (χ2n) is 12.9. The van der Waals surface area contributed by atoms with Crippen molar-refractivity contribution in [2.24, 2.45) is 0 Å². The fourth-order valence-electron chi connectivity index (χ4n) is 6.04. The highest BCUT2D eigenvalue weighted by Gasteiger charge is 2.55. The summed E-state index contributed by atoms with van der Waals surface area (Å²) in [4.78, 5) is 0. The molecule has 0 heterocycles. The Morgan fingerprint density at radius 2 is 0.745 bits per heavy atom. The highest BCUT2D eigenvalue weighted by atomic mass is 31.2. The van der Waals surface area contributed by atoms with Gasteiger partial charge in [-0.05, 0) is 27.8 Å². The first-order valence-electron chi connectivity index (χ1n) is 18.1. The van der Waals surface area contributed by atoms with E-state index in [4.69, 9.17) is 37.3 Å². The molecule has 0 aliphatic heterocycles. The number of rotatable bonds is 21. The molecule has 11 nitrogen and oxygen atoms in total. The number of benzene rings is 5. The molecule has 1 saturated carbocycles. The van der Waals surface area contributed by atoms with Gasteiger partial charge in [0.1, 0.15) is 50.2 Å². The minimum atomic E-state index is -4.50. The third-order valence-electron chi connectivity index (χ3n) is 8.91. The first-order valence-corrected chi connectivity index (χ1v) is 19.6. The topological polar surface area (TPSA) is 131 Å². The van der Waals surface area contributed by atoms with Crippen LogP contribution in [0.3, 0.4) is 0 Å². The van der Waals surface area contributed by atoms with Gasteiger partial charge in [-0.2, -0.15) is 0 Å². The molecular formula is C43H47O11P. The van der Waals surface area contributed by atoms with Crippen LogP contribution in [-0.2, 0) is 74.9 Å². The van der Waals surface area contributed by atoms with Gasteiger partial charge in [0.15, 0.2) is 0 Å². The summed E-state index contributed by atoms with van der Waals surface area (Å²) in [5.41, 5.74) is 4.09. The molecule has 0 radical (unpaired) electrons. The average molecular weight is 771 g/mol. The summed E-state index contributed by atoms with van der Waals surface area (Å²) < 4.78 is 63.1. The van der Waals surface area contributed by atoms with Gasteiger partial charge >= 0.3 is 7.82 Å². The molecule has 0 amide bonds. The van der Waals surface area contributed by atoms with Crippen LogP contribution in [0.15, 0.2) is 152 Å². The molecule has 1 fully saturated rings. The molecule has 5 aromatic carbocycles. The standard InChI is InChI=1S/C43H47O11P/c44-38-40(50-31-47-26-33-16-6-1-7-17-33)39(45)42(54-55(46,52-29-36-22-12-4-13-23-36)53-30-37-24-14-5-15-25-37)43(49-28-35-20-10-3-11-21-35)41(38)51-32-48-27-34-18-8-2-9-19-34/h1-25,38-45H,26-32H2/t38-,39+,40-,41+,42-,43+/m1/s1. The molecule has 0 unspecified atom stereocenters. The van der Waals surface area contributed by atoms with Crippen LogP contribution in [0.2, 0.25) is 0 Å². The maximum absolute atomic E-state index is 14.7. The van der Waals surface area contributed by atoms with E-state index in [9.17, 15) is 14.8 Å². The Morgan fingerprint density at radius 3 is 1.16 bits per heavy atom. The minimum Gasteiger partial charge on any atom is -0.387 e. The Hall–Kier alpha value is -4.07. The lowest BCUT2D eigenvalue weighted by molar-refractivity contribution is -0.280. The van der Waals surface area contributed by atoms with Crippen LogP contribution in [0.1, 0.15) is 27.8 Å². The zero-order valence-electron chi connectivity index (χ0n) is 30.4. The second kappa shape index (κ2) is 21.3. The molecule has 0 aromatic heterocycles. The van der Waals surface area contributed by atoms with Crippen molar-refractivity contribution in [2.75, 3.05) is 13.6 Å². The number of hydrogen-bond donors (Lipinski definition) is 2. The molecule has 0 spiro atoms. The molecule has 1 aliphatic carbocycles. The average Bonchev–Trinajstić information content (AvgIpc) is 3.23. The highest BCUT2D eigenvalue weighted by molar-refractivity contribution is 7.48. The molecule has 0 bridgehead atoms. The Bertz CT molecular complexity index is 1790. The minimum absolute atomic E-state index is 0.0430. The van der Waals surface area contributed by atoms with Gasteiger partial charge in [0.05, 0.1) is 33.0 Å². The van der Waals surface area contributed by atoms with Crippen molar-refractivity contribution in [1.82, 2.24) is 0 Å². The van der Waals surface area contributed by atoms with Crippen LogP contribution in [0.4, 0.5) is 0 Å². The van der Waals surface area contributed by atoms with Crippen molar-refractivity contribution in [3.05, 3.63) is 179 Å². The van der Waals surface area contributed by atoms with Gasteiger partial charge in [-0.25, -0.2) is 4.57 Å². The van der Waals surface area contributed by atoms with Gasteiger partial charge in [0.2, 0.25) is 0 Å². The molecule has 12 heteroatoms. The van der Waals surface area contributed by atoms with Gasteiger partial charge in [0.25, 0.3) is 0 Å². The van der Waals surface area contributed by atoms with Crippen LogP contribution in [-0.4, -0.2) is 60.4 Å². The van der Waals surface area contributed by atoms with Crippen molar-refractivity contribution >= 4 is 7.82 Å². The predicted molar refractivity (Wildman–Crippen MR) is 204 cm³/mol. The Labute approximate surface area is 321 Å². The number of phosphoric ester groups is 1. The van der Waals surface area contributed by atoms with E-state index in [1.807, 2.05) is 152 Å². The molecule has 2 N–H and O–H groups in total. The summed E-state index contributed by atoms with van der Waals surface area (Å²) in [5.74, 6) is 0. The van der Waals surface area contributed by atoms with E-state index in [1.165, 1.54) is 0 Å². The normalized spacial score (nSPS) is 21.3. The zero-order chi connectivity index (χ0) is 38.1. The van der Waals surface area contributed by atoms with E-state index < -0.39 is 44.4 Å².